The Morgan fingerprint density at radius 1 is 1.26 bits per heavy atom. The van der Waals surface area contributed by atoms with Crippen molar-refractivity contribution in [2.75, 3.05) is 18.2 Å². The number of aryl methyl sites for hydroxylation is 2. The molecule has 1 atom stereocenters. The van der Waals surface area contributed by atoms with Gasteiger partial charge in [0.15, 0.2) is 11.5 Å². The number of nitrogens with zero attached hydrogens (tertiary/aromatic N) is 2. The highest BCUT2D eigenvalue weighted by Gasteiger charge is 2.30. The van der Waals surface area contributed by atoms with E-state index in [4.69, 9.17) is 9.47 Å². The molecule has 1 amide bonds. The van der Waals surface area contributed by atoms with Crippen LogP contribution in [0, 0.1) is 6.92 Å². The van der Waals surface area contributed by atoms with Gasteiger partial charge in [0.05, 0.1) is 29.9 Å². The monoisotopic (exact) mass is 387 g/mol. The molecule has 0 unspecified atom stereocenters. The zero-order valence-corrected chi connectivity index (χ0v) is 16.8. The normalized spacial score (nSPS) is 20.1. The molecule has 6 nitrogen and oxygen atoms in total. The van der Waals surface area contributed by atoms with Crippen molar-refractivity contribution in [1.29, 1.82) is 0 Å². The van der Waals surface area contributed by atoms with Crippen molar-refractivity contribution in [3.63, 3.8) is 0 Å². The third kappa shape index (κ3) is 3.52. The Morgan fingerprint density at radius 3 is 2.78 bits per heavy atom. The standard InChI is InChI=1S/C20H25N3O3S/c1-12-18-19(27-11-17(24)21-20(18)23(2)22-12)13-8-9-15(16(10-13)25-3)26-14-6-4-5-7-14/h8-10,14,19H,4-7,11H2,1-3H3,(H,21,24)/t19-/m0/s1. The number of aromatic nitrogens is 2. The molecule has 1 aliphatic carbocycles. The highest BCUT2D eigenvalue weighted by molar-refractivity contribution is 8.00. The first-order valence-corrected chi connectivity index (χ1v) is 10.4. The Labute approximate surface area is 163 Å². The lowest BCUT2D eigenvalue weighted by molar-refractivity contribution is -0.113. The molecule has 1 aromatic carbocycles. The molecule has 0 radical (unpaired) electrons. The zero-order chi connectivity index (χ0) is 19.0. The molecular formula is C20H25N3O3S. The number of amides is 1. The van der Waals surface area contributed by atoms with Gasteiger partial charge in [-0.2, -0.15) is 5.10 Å². The fourth-order valence-electron chi connectivity index (χ4n) is 3.94. The summed E-state index contributed by atoms with van der Waals surface area (Å²) in [5.74, 6) is 2.72. The molecule has 144 valence electrons. The van der Waals surface area contributed by atoms with Gasteiger partial charge in [-0.15, -0.1) is 11.8 Å². The maximum absolute atomic E-state index is 12.1. The summed E-state index contributed by atoms with van der Waals surface area (Å²) in [5.41, 5.74) is 3.07. The Balaban J connectivity index is 1.69. The molecule has 0 spiro atoms. The van der Waals surface area contributed by atoms with Gasteiger partial charge in [0.2, 0.25) is 5.91 Å². The maximum Gasteiger partial charge on any atom is 0.235 e. The summed E-state index contributed by atoms with van der Waals surface area (Å²) < 4.78 is 13.5. The summed E-state index contributed by atoms with van der Waals surface area (Å²) in [6, 6.07) is 6.11. The van der Waals surface area contributed by atoms with Gasteiger partial charge in [-0.3, -0.25) is 9.48 Å². The van der Waals surface area contributed by atoms with Gasteiger partial charge in [-0.05, 0) is 50.3 Å². The van der Waals surface area contributed by atoms with Crippen molar-refractivity contribution in [2.24, 2.45) is 7.05 Å². The van der Waals surface area contributed by atoms with Gasteiger partial charge in [0, 0.05) is 12.6 Å². The summed E-state index contributed by atoms with van der Waals surface area (Å²) in [6.07, 6.45) is 4.96. The van der Waals surface area contributed by atoms with Crippen molar-refractivity contribution in [2.45, 2.75) is 44.0 Å². The van der Waals surface area contributed by atoms with Crippen LogP contribution < -0.4 is 14.8 Å². The molecule has 7 heteroatoms. The van der Waals surface area contributed by atoms with E-state index in [1.807, 2.05) is 26.1 Å². The molecule has 1 aliphatic heterocycles. The molecule has 0 bridgehead atoms. The molecule has 2 aromatic rings. The number of thioether (sulfide) groups is 1. The quantitative estimate of drug-likeness (QED) is 0.864. The lowest BCUT2D eigenvalue weighted by Crippen LogP contribution is -2.15. The summed E-state index contributed by atoms with van der Waals surface area (Å²) in [4.78, 5) is 12.1. The second-order valence-corrected chi connectivity index (χ2v) is 8.24. The van der Waals surface area contributed by atoms with Gasteiger partial charge in [0.25, 0.3) is 0 Å². The Morgan fingerprint density at radius 2 is 2.04 bits per heavy atom. The van der Waals surface area contributed by atoms with Gasteiger partial charge in [0.1, 0.15) is 5.82 Å². The van der Waals surface area contributed by atoms with Crippen molar-refractivity contribution in [1.82, 2.24) is 9.78 Å². The molecule has 1 saturated carbocycles. The van der Waals surface area contributed by atoms with Crippen LogP contribution in [-0.2, 0) is 11.8 Å². The van der Waals surface area contributed by atoms with Gasteiger partial charge in [-0.1, -0.05) is 6.07 Å². The SMILES string of the molecule is COc1cc([C@@H]2SCC(=O)Nc3c2c(C)nn3C)ccc1OC1CCCC1. The predicted molar refractivity (Wildman–Crippen MR) is 107 cm³/mol. The van der Waals surface area contributed by atoms with E-state index >= 15 is 0 Å². The lowest BCUT2D eigenvalue weighted by atomic mass is 10.0. The predicted octanol–water partition coefficient (Wildman–Crippen LogP) is 3.83. The number of benzene rings is 1. The molecule has 1 N–H and O–H groups in total. The van der Waals surface area contributed by atoms with E-state index in [1.165, 1.54) is 12.8 Å². The minimum atomic E-state index is -0.0000909. The van der Waals surface area contributed by atoms with Crippen LogP contribution in [0.2, 0.25) is 0 Å². The highest BCUT2D eigenvalue weighted by Crippen LogP contribution is 2.45. The fraction of sp³-hybridized carbons (Fsp3) is 0.500. The first-order chi connectivity index (χ1) is 13.1. The number of nitrogens with one attached hydrogen (secondary N) is 1. The van der Waals surface area contributed by atoms with Crippen molar-refractivity contribution in [3.05, 3.63) is 35.0 Å². The number of methoxy groups -OCH3 is 1. The Hall–Kier alpha value is -2.15. The zero-order valence-electron chi connectivity index (χ0n) is 15.9. The van der Waals surface area contributed by atoms with Gasteiger partial charge >= 0.3 is 0 Å². The van der Waals surface area contributed by atoms with E-state index < -0.39 is 0 Å². The number of anilines is 1. The number of hydrogen-bond donors (Lipinski definition) is 1. The minimum absolute atomic E-state index is 0.0000909. The van der Waals surface area contributed by atoms with Crippen LogP contribution in [0.15, 0.2) is 18.2 Å². The van der Waals surface area contributed by atoms with Crippen LogP contribution in [0.1, 0.15) is 47.8 Å². The molecule has 0 saturated heterocycles. The average molecular weight is 388 g/mol. The number of rotatable bonds is 4. The number of carbonyl (C=O) groups excluding carboxylic acids is 1. The lowest BCUT2D eigenvalue weighted by Gasteiger charge is -2.20. The summed E-state index contributed by atoms with van der Waals surface area (Å²) in [5, 5.41) is 7.51. The third-order valence-corrected chi connectivity index (χ3v) is 6.53. The van der Waals surface area contributed by atoms with Crippen molar-refractivity contribution < 1.29 is 14.3 Å². The molecule has 2 aliphatic rings. The van der Waals surface area contributed by atoms with E-state index in [2.05, 4.69) is 16.5 Å². The summed E-state index contributed by atoms with van der Waals surface area (Å²) >= 11 is 1.61. The summed E-state index contributed by atoms with van der Waals surface area (Å²) in [7, 11) is 3.53. The smallest absolute Gasteiger partial charge is 0.235 e. The van der Waals surface area contributed by atoms with Gasteiger partial charge < -0.3 is 14.8 Å². The first kappa shape index (κ1) is 18.2. The van der Waals surface area contributed by atoms with Crippen LogP contribution in [0.3, 0.4) is 0 Å². The second kappa shape index (κ2) is 7.46. The van der Waals surface area contributed by atoms with Crippen LogP contribution in [0.5, 0.6) is 11.5 Å². The fourth-order valence-corrected chi connectivity index (χ4v) is 5.12. The minimum Gasteiger partial charge on any atom is -0.493 e. The van der Waals surface area contributed by atoms with Crippen LogP contribution in [0.4, 0.5) is 5.82 Å². The number of ether oxygens (including phenoxy) is 2. The molecule has 4 rings (SSSR count). The molecule has 1 fully saturated rings. The maximum atomic E-state index is 12.1. The molecular weight excluding hydrogens is 362 g/mol. The van der Waals surface area contributed by atoms with Crippen LogP contribution >= 0.6 is 11.8 Å². The molecule has 2 heterocycles. The van der Waals surface area contributed by atoms with E-state index in [-0.39, 0.29) is 17.3 Å². The van der Waals surface area contributed by atoms with E-state index in [0.717, 1.165) is 47.0 Å². The number of fused-ring (bicyclic) bond motifs is 1. The molecule has 1 aromatic heterocycles. The number of hydrogen-bond acceptors (Lipinski definition) is 5. The highest BCUT2D eigenvalue weighted by atomic mass is 32.2. The largest absolute Gasteiger partial charge is 0.493 e. The molecule has 27 heavy (non-hydrogen) atoms. The summed E-state index contributed by atoms with van der Waals surface area (Å²) in [6.45, 7) is 1.98. The first-order valence-electron chi connectivity index (χ1n) is 9.36. The third-order valence-electron chi connectivity index (χ3n) is 5.26. The van der Waals surface area contributed by atoms with E-state index in [0.29, 0.717) is 5.75 Å². The van der Waals surface area contributed by atoms with E-state index in [9.17, 15) is 4.79 Å². The average Bonchev–Trinajstić information content (AvgIpc) is 3.20. The van der Waals surface area contributed by atoms with Crippen molar-refractivity contribution in [3.8, 4) is 11.5 Å². The Bertz CT molecular complexity index is 858. The van der Waals surface area contributed by atoms with Crippen molar-refractivity contribution >= 4 is 23.5 Å². The second-order valence-electron chi connectivity index (χ2n) is 7.15. The van der Waals surface area contributed by atoms with E-state index in [1.54, 1.807) is 23.6 Å². The van der Waals surface area contributed by atoms with Crippen LogP contribution in [-0.4, -0.2) is 34.7 Å². The Kier molecular flexibility index (Phi) is 5.04. The number of carbonyl (C=O) groups is 1. The topological polar surface area (TPSA) is 65.4 Å². The van der Waals surface area contributed by atoms with Gasteiger partial charge in [-0.25, -0.2) is 0 Å². The van der Waals surface area contributed by atoms with Crippen LogP contribution in [0.25, 0.3) is 0 Å².